The molecule has 64 valence electrons. The fourth-order valence-corrected chi connectivity index (χ4v) is 0.793. The third-order valence-corrected chi connectivity index (χ3v) is 1.22. The maximum atomic E-state index is 10.5. The number of nitrogens with zero attached hydrogens (tertiary/aromatic N) is 1. The van der Waals surface area contributed by atoms with Crippen molar-refractivity contribution in [2.45, 2.75) is 6.92 Å². The molecular weight excluding hydrogens is 158 g/mol. The lowest BCUT2D eigenvalue weighted by molar-refractivity contribution is -0.141. The van der Waals surface area contributed by atoms with Gasteiger partial charge in [0.05, 0.1) is 0 Å². The molecule has 0 saturated carbocycles. The van der Waals surface area contributed by atoms with Crippen molar-refractivity contribution >= 4 is 11.8 Å². The standard InChI is InChI=1S/C7H9N3O2/c1-5(11)12-10-4-2-3-6(10)7(8)9/h2-4H,1H3,(H3,8,9). The highest BCUT2D eigenvalue weighted by Gasteiger charge is 2.05. The van der Waals surface area contributed by atoms with Crippen molar-refractivity contribution < 1.29 is 9.63 Å². The molecule has 5 heteroatoms. The molecule has 0 unspecified atom stereocenters. The number of amidine groups is 1. The Labute approximate surface area is 69.2 Å². The second-order valence-electron chi connectivity index (χ2n) is 2.22. The summed E-state index contributed by atoms with van der Waals surface area (Å²) in [5.74, 6) is -0.588. The van der Waals surface area contributed by atoms with Gasteiger partial charge in [0.15, 0.2) is 0 Å². The van der Waals surface area contributed by atoms with E-state index in [1.807, 2.05) is 0 Å². The van der Waals surface area contributed by atoms with Crippen molar-refractivity contribution in [2.24, 2.45) is 5.73 Å². The molecule has 0 bridgehead atoms. The topological polar surface area (TPSA) is 81.1 Å². The Morgan fingerprint density at radius 3 is 2.92 bits per heavy atom. The number of carbonyl (C=O) groups excluding carboxylic acids is 1. The number of nitrogens with two attached hydrogens (primary N) is 1. The molecule has 0 spiro atoms. The monoisotopic (exact) mass is 167 g/mol. The van der Waals surface area contributed by atoms with Gasteiger partial charge in [0.1, 0.15) is 11.5 Å². The van der Waals surface area contributed by atoms with Crippen molar-refractivity contribution in [1.82, 2.24) is 4.73 Å². The van der Waals surface area contributed by atoms with Crippen LogP contribution < -0.4 is 10.6 Å². The number of nitrogens with one attached hydrogen (secondary N) is 1. The minimum absolute atomic E-state index is 0.138. The van der Waals surface area contributed by atoms with E-state index < -0.39 is 5.97 Å². The van der Waals surface area contributed by atoms with Crippen LogP contribution in [0.3, 0.4) is 0 Å². The third kappa shape index (κ3) is 1.63. The summed E-state index contributed by atoms with van der Waals surface area (Å²) in [5, 5.41) is 7.10. The van der Waals surface area contributed by atoms with Crippen LogP contribution in [0.25, 0.3) is 0 Å². The predicted molar refractivity (Wildman–Crippen MR) is 42.7 cm³/mol. The maximum absolute atomic E-state index is 10.5. The van der Waals surface area contributed by atoms with E-state index in [0.717, 1.165) is 4.73 Å². The van der Waals surface area contributed by atoms with E-state index in [9.17, 15) is 4.79 Å². The lowest BCUT2D eigenvalue weighted by Crippen LogP contribution is -2.23. The summed E-state index contributed by atoms with van der Waals surface area (Å²) in [6, 6.07) is 3.23. The van der Waals surface area contributed by atoms with E-state index in [0.29, 0.717) is 5.69 Å². The summed E-state index contributed by atoms with van der Waals surface area (Å²) in [6.07, 6.45) is 1.51. The molecule has 0 aliphatic carbocycles. The minimum Gasteiger partial charge on any atom is -0.382 e. The summed E-state index contributed by atoms with van der Waals surface area (Å²) in [5.41, 5.74) is 5.57. The summed E-state index contributed by atoms with van der Waals surface area (Å²) >= 11 is 0. The van der Waals surface area contributed by atoms with Gasteiger partial charge in [0.25, 0.3) is 0 Å². The Kier molecular flexibility index (Phi) is 2.14. The fourth-order valence-electron chi connectivity index (χ4n) is 0.793. The lowest BCUT2D eigenvalue weighted by atomic mass is 10.4. The average Bonchev–Trinajstić information content (AvgIpc) is 2.33. The number of aromatic nitrogens is 1. The Morgan fingerprint density at radius 2 is 2.42 bits per heavy atom. The van der Waals surface area contributed by atoms with Crippen molar-refractivity contribution in [2.75, 3.05) is 0 Å². The quantitative estimate of drug-likeness (QED) is 0.470. The van der Waals surface area contributed by atoms with Crippen molar-refractivity contribution in [1.29, 1.82) is 5.41 Å². The van der Waals surface area contributed by atoms with E-state index >= 15 is 0 Å². The second-order valence-corrected chi connectivity index (χ2v) is 2.22. The van der Waals surface area contributed by atoms with E-state index in [1.54, 1.807) is 12.1 Å². The van der Waals surface area contributed by atoms with Crippen LogP contribution in [0.15, 0.2) is 18.3 Å². The van der Waals surface area contributed by atoms with E-state index in [2.05, 4.69) is 0 Å². The first kappa shape index (κ1) is 8.32. The Bertz CT molecular complexity index is 316. The molecule has 0 radical (unpaired) electrons. The molecule has 0 amide bonds. The molecule has 1 aromatic heterocycles. The lowest BCUT2D eigenvalue weighted by Gasteiger charge is -2.04. The summed E-state index contributed by atoms with van der Waals surface area (Å²) < 4.78 is 1.16. The molecule has 1 aromatic rings. The highest BCUT2D eigenvalue weighted by Crippen LogP contribution is 1.98. The zero-order chi connectivity index (χ0) is 9.14. The highest BCUT2D eigenvalue weighted by molar-refractivity contribution is 5.93. The predicted octanol–water partition coefficient (Wildman–Crippen LogP) is -0.253. The fraction of sp³-hybridized carbons (Fsp3) is 0.143. The molecule has 5 nitrogen and oxygen atoms in total. The van der Waals surface area contributed by atoms with Crippen LogP contribution >= 0.6 is 0 Å². The van der Waals surface area contributed by atoms with Crippen LogP contribution in [0, 0.1) is 5.41 Å². The Hall–Kier alpha value is -1.78. The first-order valence-electron chi connectivity index (χ1n) is 3.32. The van der Waals surface area contributed by atoms with Gasteiger partial charge in [-0.05, 0) is 12.1 Å². The average molecular weight is 167 g/mol. The van der Waals surface area contributed by atoms with E-state index in [1.165, 1.54) is 13.1 Å². The zero-order valence-electron chi connectivity index (χ0n) is 6.57. The molecule has 1 rings (SSSR count). The molecule has 3 N–H and O–H groups in total. The molecule has 0 atom stereocenters. The van der Waals surface area contributed by atoms with E-state index in [4.69, 9.17) is 16.0 Å². The van der Waals surface area contributed by atoms with Gasteiger partial charge in [-0.1, -0.05) is 0 Å². The molecule has 12 heavy (non-hydrogen) atoms. The molecule has 0 aromatic carbocycles. The maximum Gasteiger partial charge on any atom is 0.329 e. The van der Waals surface area contributed by atoms with Gasteiger partial charge in [-0.15, -0.1) is 0 Å². The Balaban J connectivity index is 2.91. The van der Waals surface area contributed by atoms with Crippen molar-refractivity contribution in [3.8, 4) is 0 Å². The molecular formula is C7H9N3O2. The molecule has 0 aliphatic rings. The number of hydrogen-bond acceptors (Lipinski definition) is 3. The van der Waals surface area contributed by atoms with Gasteiger partial charge in [-0.25, -0.2) is 4.79 Å². The third-order valence-electron chi connectivity index (χ3n) is 1.22. The van der Waals surface area contributed by atoms with Gasteiger partial charge in [-0.2, -0.15) is 4.73 Å². The molecule has 0 fully saturated rings. The van der Waals surface area contributed by atoms with Crippen LogP contribution in [0.2, 0.25) is 0 Å². The molecule has 0 saturated heterocycles. The van der Waals surface area contributed by atoms with Gasteiger partial charge >= 0.3 is 5.97 Å². The van der Waals surface area contributed by atoms with Gasteiger partial charge in [0.2, 0.25) is 0 Å². The highest BCUT2D eigenvalue weighted by atomic mass is 16.7. The van der Waals surface area contributed by atoms with Gasteiger partial charge < -0.3 is 10.6 Å². The SMILES string of the molecule is CC(=O)On1cccc1C(=N)N. The smallest absolute Gasteiger partial charge is 0.329 e. The summed E-state index contributed by atoms with van der Waals surface area (Å²) in [7, 11) is 0. The normalized spacial score (nSPS) is 9.42. The number of nitrogen functional groups attached to an aromatic ring is 1. The largest absolute Gasteiger partial charge is 0.382 e. The van der Waals surface area contributed by atoms with Crippen LogP contribution in [-0.4, -0.2) is 16.5 Å². The molecule has 0 aliphatic heterocycles. The summed E-state index contributed by atoms with van der Waals surface area (Å²) in [6.45, 7) is 1.28. The number of carbonyl (C=O) groups is 1. The van der Waals surface area contributed by atoms with Gasteiger partial charge in [0, 0.05) is 13.1 Å². The first-order valence-corrected chi connectivity index (χ1v) is 3.32. The number of hydrogen-bond donors (Lipinski definition) is 2. The van der Waals surface area contributed by atoms with E-state index in [-0.39, 0.29) is 5.84 Å². The first-order chi connectivity index (χ1) is 5.61. The van der Waals surface area contributed by atoms with Gasteiger partial charge in [-0.3, -0.25) is 5.41 Å². The van der Waals surface area contributed by atoms with Crippen LogP contribution in [0.5, 0.6) is 0 Å². The van der Waals surface area contributed by atoms with Crippen molar-refractivity contribution in [3.63, 3.8) is 0 Å². The van der Waals surface area contributed by atoms with Crippen LogP contribution in [0.4, 0.5) is 0 Å². The summed E-state index contributed by atoms with van der Waals surface area (Å²) in [4.78, 5) is 15.2. The Morgan fingerprint density at radius 1 is 1.75 bits per heavy atom. The van der Waals surface area contributed by atoms with Crippen LogP contribution in [0.1, 0.15) is 12.6 Å². The minimum atomic E-state index is -0.450. The number of rotatable bonds is 2. The second kappa shape index (κ2) is 3.08. The zero-order valence-corrected chi connectivity index (χ0v) is 6.57. The van der Waals surface area contributed by atoms with Crippen molar-refractivity contribution in [3.05, 3.63) is 24.0 Å². The molecule has 1 heterocycles. The van der Waals surface area contributed by atoms with Crippen LogP contribution in [-0.2, 0) is 4.79 Å².